The third-order valence-electron chi connectivity index (χ3n) is 5.97. The zero-order valence-electron chi connectivity index (χ0n) is 18.6. The zero-order chi connectivity index (χ0) is 25.0. The lowest BCUT2D eigenvalue weighted by Gasteiger charge is -2.19. The van der Waals surface area contributed by atoms with Crippen LogP contribution in [-0.2, 0) is 35.7 Å². The molecule has 13 heteroatoms. The maximum Gasteiger partial charge on any atom is 0.294 e. The first-order chi connectivity index (χ1) is 15.0. The largest absolute Gasteiger partial charge is 0.748 e. The van der Waals surface area contributed by atoms with Crippen LogP contribution in [0.15, 0.2) is 34.1 Å². The molecular weight excluding hydrogens is 492 g/mol. The minimum Gasteiger partial charge on any atom is -0.748 e. The van der Waals surface area contributed by atoms with Gasteiger partial charge in [0.1, 0.15) is 6.54 Å². The van der Waals surface area contributed by atoms with E-state index in [1.807, 2.05) is 25.3 Å². The number of nitrogens with zero attached hydrogens (tertiary/aromatic N) is 1. The van der Waals surface area contributed by atoms with Crippen LogP contribution in [0.5, 0.6) is 0 Å². The molecule has 0 aliphatic carbocycles. The molecule has 0 aromatic heterocycles. The third kappa shape index (κ3) is 4.84. The van der Waals surface area contributed by atoms with E-state index in [0.717, 1.165) is 11.8 Å². The van der Waals surface area contributed by atoms with E-state index in [1.165, 1.54) is 6.07 Å². The highest BCUT2D eigenvalue weighted by Crippen LogP contribution is 2.45. The van der Waals surface area contributed by atoms with Crippen LogP contribution >= 0.6 is 0 Å². The molecule has 182 valence electrons. The van der Waals surface area contributed by atoms with Gasteiger partial charge < -0.3 is 4.55 Å². The van der Waals surface area contributed by atoms with Crippen LogP contribution in [0.25, 0.3) is 10.8 Å². The fourth-order valence-electron chi connectivity index (χ4n) is 4.27. The van der Waals surface area contributed by atoms with Crippen molar-refractivity contribution in [3.63, 3.8) is 0 Å². The van der Waals surface area contributed by atoms with Gasteiger partial charge in [-0.2, -0.15) is 13.0 Å². The van der Waals surface area contributed by atoms with E-state index >= 15 is 0 Å². The summed E-state index contributed by atoms with van der Waals surface area (Å²) >= 11 is 0. The Morgan fingerprint density at radius 2 is 1.70 bits per heavy atom. The number of sulfonamides is 1. The summed E-state index contributed by atoms with van der Waals surface area (Å²) in [7, 11) is -13.2. The van der Waals surface area contributed by atoms with E-state index in [9.17, 15) is 34.4 Å². The van der Waals surface area contributed by atoms with Gasteiger partial charge in [-0.15, -0.1) is 0 Å². The molecule has 2 aromatic carbocycles. The van der Waals surface area contributed by atoms with Crippen LogP contribution in [0.1, 0.15) is 39.7 Å². The van der Waals surface area contributed by atoms with Crippen LogP contribution in [0, 0.1) is 0 Å². The van der Waals surface area contributed by atoms with Crippen LogP contribution in [-0.4, -0.2) is 63.5 Å². The molecule has 0 saturated heterocycles. The molecule has 10 nitrogen and oxygen atoms in total. The van der Waals surface area contributed by atoms with E-state index in [2.05, 4.69) is 4.72 Å². The molecule has 3 rings (SSSR count). The molecule has 33 heavy (non-hydrogen) atoms. The maximum atomic E-state index is 12.9. The molecule has 0 atom stereocenters. The van der Waals surface area contributed by atoms with Crippen molar-refractivity contribution in [3.05, 3.63) is 29.8 Å². The smallest absolute Gasteiger partial charge is 0.294 e. The van der Waals surface area contributed by atoms with Gasteiger partial charge in [-0.3, -0.25) is 4.55 Å². The van der Waals surface area contributed by atoms with E-state index in [0.29, 0.717) is 16.6 Å². The predicted molar refractivity (Wildman–Crippen MR) is 122 cm³/mol. The summed E-state index contributed by atoms with van der Waals surface area (Å²) in [4.78, 5) is -0.828. The number of hydrogen-bond acceptors (Lipinski definition) is 7. The zero-order valence-corrected chi connectivity index (χ0v) is 21.1. The number of nitrogens with one attached hydrogen (secondary N) is 1. The molecule has 0 bridgehead atoms. The topological polar surface area (TPSA) is 161 Å². The van der Waals surface area contributed by atoms with Crippen molar-refractivity contribution in [1.29, 1.82) is 0 Å². The minimum atomic E-state index is -4.72. The Bertz CT molecular complexity index is 1490. The van der Waals surface area contributed by atoms with E-state index in [-0.39, 0.29) is 29.8 Å². The molecule has 1 heterocycles. The van der Waals surface area contributed by atoms with Gasteiger partial charge in [0.25, 0.3) is 10.1 Å². The van der Waals surface area contributed by atoms with Crippen LogP contribution in [0.3, 0.4) is 0 Å². The summed E-state index contributed by atoms with van der Waals surface area (Å²) in [6.07, 6.45) is 0.0852. The molecule has 0 amide bonds. The number of benzene rings is 2. The number of rotatable bonds is 8. The van der Waals surface area contributed by atoms with Gasteiger partial charge >= 0.3 is 0 Å². The third-order valence-corrected chi connectivity index (χ3v) is 9.18. The van der Waals surface area contributed by atoms with Crippen molar-refractivity contribution in [2.75, 3.05) is 18.8 Å². The Balaban J connectivity index is 2.33. The molecule has 0 saturated carbocycles. The maximum absolute atomic E-state index is 12.9. The quantitative estimate of drug-likeness (QED) is 0.394. The Morgan fingerprint density at radius 1 is 1.06 bits per heavy atom. The van der Waals surface area contributed by atoms with Crippen molar-refractivity contribution >= 4 is 52.4 Å². The average Bonchev–Trinajstić information content (AvgIpc) is 2.86. The van der Waals surface area contributed by atoms with Crippen LogP contribution < -0.4 is 4.72 Å². The Kier molecular flexibility index (Phi) is 6.54. The second kappa shape index (κ2) is 8.40. The van der Waals surface area contributed by atoms with Gasteiger partial charge in [-0.1, -0.05) is 6.92 Å². The fraction of sp³-hybridized carbons (Fsp3) is 0.450. The summed E-state index contributed by atoms with van der Waals surface area (Å²) in [5.41, 5.74) is 1.43. The van der Waals surface area contributed by atoms with Crippen molar-refractivity contribution in [1.82, 2.24) is 4.72 Å². The molecule has 0 spiro atoms. The second-order valence-corrected chi connectivity index (χ2v) is 13.1. The average molecular weight is 519 g/mol. The van der Waals surface area contributed by atoms with Gasteiger partial charge in [0.05, 0.1) is 25.3 Å². The van der Waals surface area contributed by atoms with Crippen LogP contribution in [0.4, 0.5) is 5.69 Å². The standard InChI is InChI=1S/C20H26N2O8S3/c1-5-21-32(26,27)18-12-14(33(28,29)30)11-16-15(18)7-8-17-19(16)20(3,4)13(2)22(17)9-6-10-31(23,24)25/h7-8,11-12,21H,5-6,9-10H2,1-4H3,(H-,23,24,25,28,29,30). The van der Waals surface area contributed by atoms with Gasteiger partial charge in [-0.25, -0.2) is 21.6 Å². The summed E-state index contributed by atoms with van der Waals surface area (Å²) in [5.74, 6) is -0.530. The molecule has 0 radical (unpaired) electrons. The number of hydrogen-bond donors (Lipinski definition) is 2. The normalized spacial score (nSPS) is 16.4. The van der Waals surface area contributed by atoms with Gasteiger partial charge in [-0.05, 0) is 37.4 Å². The number of fused-ring (bicyclic) bond motifs is 3. The highest BCUT2D eigenvalue weighted by molar-refractivity contribution is 7.90. The minimum absolute atomic E-state index is 0.0830. The SMILES string of the molecule is CCNS(=O)(=O)c1cc(S(=O)(=O)O)cc2c3c(ccc12)[N+](CCCS(=O)(=O)[O-])=C(C)C3(C)C. The molecule has 1 aliphatic heterocycles. The predicted octanol–water partition coefficient (Wildman–Crippen LogP) is 1.72. The van der Waals surface area contributed by atoms with Gasteiger partial charge in [0.2, 0.25) is 15.7 Å². The molecule has 2 N–H and O–H groups in total. The van der Waals surface area contributed by atoms with Crippen LogP contribution in [0.2, 0.25) is 0 Å². The highest BCUT2D eigenvalue weighted by Gasteiger charge is 2.44. The summed E-state index contributed by atoms with van der Waals surface area (Å²) in [5, 5.41) is 0.620. The molecule has 2 aromatic rings. The Hall–Kier alpha value is -1.90. The van der Waals surface area contributed by atoms with Gasteiger partial charge in [0.15, 0.2) is 5.71 Å². The lowest BCUT2D eigenvalue weighted by atomic mass is 9.80. The van der Waals surface area contributed by atoms with E-state index in [4.69, 9.17) is 0 Å². The molecule has 0 unspecified atom stereocenters. The summed E-state index contributed by atoms with van der Waals surface area (Å²) < 4.78 is 96.7. The van der Waals surface area contributed by atoms with E-state index < -0.39 is 46.3 Å². The van der Waals surface area contributed by atoms with Crippen molar-refractivity contribution in [2.24, 2.45) is 0 Å². The van der Waals surface area contributed by atoms with Crippen molar-refractivity contribution < 1.29 is 38.9 Å². The monoisotopic (exact) mass is 518 g/mol. The molecule has 0 fully saturated rings. The second-order valence-electron chi connectivity index (χ2n) is 8.43. The van der Waals surface area contributed by atoms with E-state index in [1.54, 1.807) is 19.1 Å². The Labute approximate surface area is 193 Å². The first-order valence-electron chi connectivity index (χ1n) is 10.1. The van der Waals surface area contributed by atoms with Crippen molar-refractivity contribution in [2.45, 2.75) is 49.3 Å². The highest BCUT2D eigenvalue weighted by atomic mass is 32.2. The van der Waals surface area contributed by atoms with Gasteiger partial charge in [0, 0.05) is 42.7 Å². The molecule has 1 aliphatic rings. The first kappa shape index (κ1) is 25.7. The summed E-state index contributed by atoms with van der Waals surface area (Å²) in [6.45, 7) is 7.49. The summed E-state index contributed by atoms with van der Waals surface area (Å²) in [6, 6.07) is 5.42. The Morgan fingerprint density at radius 3 is 2.24 bits per heavy atom. The van der Waals surface area contributed by atoms with Crippen molar-refractivity contribution in [3.8, 4) is 0 Å². The first-order valence-corrected chi connectivity index (χ1v) is 14.6. The fourth-order valence-corrected chi connectivity index (χ4v) is 6.65. The molecular formula is C20H26N2O8S3. The lowest BCUT2D eigenvalue weighted by molar-refractivity contribution is -0.438. The lowest BCUT2D eigenvalue weighted by Crippen LogP contribution is -2.27.